The van der Waals surface area contributed by atoms with E-state index in [0.29, 0.717) is 5.75 Å². The summed E-state index contributed by atoms with van der Waals surface area (Å²) in [5.74, 6) is -0.337. The third-order valence-corrected chi connectivity index (χ3v) is 6.03. The fourth-order valence-corrected chi connectivity index (χ4v) is 4.51. The molecule has 138 valence electrons. The van der Waals surface area contributed by atoms with Gasteiger partial charge in [0.15, 0.2) is 5.05 Å². The van der Waals surface area contributed by atoms with Gasteiger partial charge in [-0.15, -0.1) is 11.8 Å². The van der Waals surface area contributed by atoms with Gasteiger partial charge in [-0.25, -0.2) is 8.78 Å². The largest absolute Gasteiger partial charge is 0.501 e. The molecule has 0 heterocycles. The number of thiocarbonyl (C=S) groups is 1. The second-order valence-corrected chi connectivity index (χ2v) is 7.68. The smallest absolute Gasteiger partial charge is 0.170 e. The number of thioether (sulfide) groups is 1. The molecule has 27 heavy (non-hydrogen) atoms. The first-order valence-corrected chi connectivity index (χ1v) is 9.89. The molecule has 3 aromatic carbocycles. The molecule has 3 rings (SSSR count). The highest BCUT2D eigenvalue weighted by molar-refractivity contribution is 8.01. The van der Waals surface area contributed by atoms with Crippen LogP contribution in [0.2, 0.25) is 0 Å². The lowest BCUT2D eigenvalue weighted by atomic mass is 9.88. The number of halogens is 2. The number of aliphatic hydroxyl groups is 1. The summed E-state index contributed by atoms with van der Waals surface area (Å²) in [4.78, 5) is 0. The normalized spacial score (nSPS) is 12.1. The molecule has 1 atom stereocenters. The van der Waals surface area contributed by atoms with Gasteiger partial charge in [0.2, 0.25) is 0 Å². The topological polar surface area (TPSA) is 20.2 Å². The predicted molar refractivity (Wildman–Crippen MR) is 111 cm³/mol. The molecule has 0 aliphatic heterocycles. The third-order valence-electron chi connectivity index (χ3n) is 4.28. The molecule has 0 aliphatic rings. The van der Waals surface area contributed by atoms with Crippen molar-refractivity contribution in [3.05, 3.63) is 107 Å². The van der Waals surface area contributed by atoms with Crippen LogP contribution in [0.5, 0.6) is 0 Å². The quantitative estimate of drug-likeness (QED) is 0.471. The Kier molecular flexibility index (Phi) is 6.58. The first-order valence-electron chi connectivity index (χ1n) is 8.44. The summed E-state index contributed by atoms with van der Waals surface area (Å²) in [6, 6.07) is 22.1. The van der Waals surface area contributed by atoms with Crippen LogP contribution in [0, 0.1) is 11.6 Å². The first kappa shape index (κ1) is 19.5. The molecular weight excluding hydrogens is 382 g/mol. The minimum absolute atomic E-state index is 0.130. The van der Waals surface area contributed by atoms with Crippen molar-refractivity contribution in [1.82, 2.24) is 0 Å². The Bertz CT molecular complexity index is 835. The molecular formula is C22H18F2OS2. The number of aliphatic hydroxyl groups excluding tert-OH is 1. The molecule has 0 aliphatic carbocycles. The molecule has 0 spiro atoms. The molecule has 0 fully saturated rings. The Morgan fingerprint density at radius 2 is 1.30 bits per heavy atom. The van der Waals surface area contributed by atoms with Gasteiger partial charge < -0.3 is 5.11 Å². The molecule has 1 N–H and O–H groups in total. The highest BCUT2D eigenvalue weighted by Gasteiger charge is 2.29. The van der Waals surface area contributed by atoms with Gasteiger partial charge in [-0.2, -0.15) is 0 Å². The average molecular weight is 401 g/mol. The van der Waals surface area contributed by atoms with Gasteiger partial charge in [-0.3, -0.25) is 0 Å². The third kappa shape index (κ3) is 5.15. The lowest BCUT2D eigenvalue weighted by molar-refractivity contribution is 0.543. The maximum Gasteiger partial charge on any atom is 0.170 e. The van der Waals surface area contributed by atoms with Gasteiger partial charge in [0.1, 0.15) is 11.6 Å². The summed E-state index contributed by atoms with van der Waals surface area (Å²) < 4.78 is 26.8. The molecule has 0 saturated carbocycles. The zero-order chi connectivity index (χ0) is 19.2. The van der Waals surface area contributed by atoms with Crippen LogP contribution in [-0.2, 0) is 5.75 Å². The Labute approximate surface area is 167 Å². The van der Waals surface area contributed by atoms with Crippen molar-refractivity contribution in [2.24, 2.45) is 0 Å². The Balaban J connectivity index is 1.96. The second kappa shape index (κ2) is 9.11. The Morgan fingerprint density at radius 1 is 0.815 bits per heavy atom. The number of benzene rings is 3. The van der Waals surface area contributed by atoms with E-state index in [-0.39, 0.29) is 22.6 Å². The number of hydrogen-bond donors (Lipinski definition) is 1. The van der Waals surface area contributed by atoms with Crippen molar-refractivity contribution in [3.8, 4) is 0 Å². The van der Waals surface area contributed by atoms with E-state index in [1.54, 1.807) is 24.3 Å². The fraction of sp³-hybridized carbons (Fsp3) is 0.136. The van der Waals surface area contributed by atoms with E-state index in [4.69, 9.17) is 12.2 Å². The van der Waals surface area contributed by atoms with Gasteiger partial charge in [0.05, 0.1) is 5.25 Å². The summed E-state index contributed by atoms with van der Waals surface area (Å²) >= 11 is 6.66. The number of rotatable bonds is 7. The van der Waals surface area contributed by atoms with Crippen LogP contribution in [0.15, 0.2) is 78.9 Å². The Hall–Kier alpha value is -2.24. The highest BCUT2D eigenvalue weighted by Crippen LogP contribution is 2.37. The van der Waals surface area contributed by atoms with Crippen molar-refractivity contribution in [2.75, 3.05) is 0 Å². The van der Waals surface area contributed by atoms with Gasteiger partial charge in [-0.1, -0.05) is 54.6 Å². The zero-order valence-electron chi connectivity index (χ0n) is 14.4. The standard InChI is InChI=1S/C22H18F2OS2/c23-18-10-6-16(7-11-18)20(17-8-12-19(24)13-9-17)21(22(25)26)27-14-15-4-2-1-3-5-15/h1-13,20-21H,14H2,(H,25,26). The summed E-state index contributed by atoms with van der Waals surface area (Å²) in [5, 5.41) is 9.69. The molecule has 0 amide bonds. The van der Waals surface area contributed by atoms with Crippen molar-refractivity contribution in [2.45, 2.75) is 16.9 Å². The molecule has 1 unspecified atom stereocenters. The van der Waals surface area contributed by atoms with Crippen LogP contribution in [-0.4, -0.2) is 15.4 Å². The van der Waals surface area contributed by atoms with E-state index in [2.05, 4.69) is 0 Å². The van der Waals surface area contributed by atoms with E-state index in [1.165, 1.54) is 36.0 Å². The molecule has 1 nitrogen and oxygen atoms in total. The van der Waals surface area contributed by atoms with Crippen LogP contribution >= 0.6 is 24.0 Å². The molecule has 0 bridgehead atoms. The van der Waals surface area contributed by atoms with Crippen molar-refractivity contribution >= 4 is 29.0 Å². The van der Waals surface area contributed by atoms with E-state index in [1.807, 2.05) is 30.3 Å². The van der Waals surface area contributed by atoms with Crippen LogP contribution in [0.25, 0.3) is 0 Å². The van der Waals surface area contributed by atoms with Crippen molar-refractivity contribution < 1.29 is 13.9 Å². The van der Waals surface area contributed by atoms with E-state index in [0.717, 1.165) is 16.7 Å². The van der Waals surface area contributed by atoms with Gasteiger partial charge >= 0.3 is 0 Å². The van der Waals surface area contributed by atoms with Gasteiger partial charge in [0.25, 0.3) is 0 Å². The minimum atomic E-state index is -0.434. The van der Waals surface area contributed by atoms with Crippen molar-refractivity contribution in [1.29, 1.82) is 0 Å². The molecule has 0 saturated heterocycles. The maximum absolute atomic E-state index is 13.4. The second-order valence-electron chi connectivity index (χ2n) is 6.14. The molecule has 3 aromatic rings. The lowest BCUT2D eigenvalue weighted by Crippen LogP contribution is -2.25. The van der Waals surface area contributed by atoms with Crippen molar-refractivity contribution in [3.63, 3.8) is 0 Å². The van der Waals surface area contributed by atoms with E-state index < -0.39 is 5.25 Å². The van der Waals surface area contributed by atoms with Crippen LogP contribution < -0.4 is 0 Å². The van der Waals surface area contributed by atoms with Crippen LogP contribution in [0.1, 0.15) is 22.6 Å². The molecule has 5 heteroatoms. The molecule has 0 radical (unpaired) electrons. The first-order chi connectivity index (χ1) is 13.0. The fourth-order valence-electron chi connectivity index (χ4n) is 2.95. The maximum atomic E-state index is 13.4. The lowest BCUT2D eigenvalue weighted by Gasteiger charge is -2.26. The van der Waals surface area contributed by atoms with E-state index in [9.17, 15) is 13.9 Å². The summed E-state index contributed by atoms with van der Waals surface area (Å²) in [5.41, 5.74) is 2.73. The minimum Gasteiger partial charge on any atom is -0.501 e. The van der Waals surface area contributed by atoms with Gasteiger partial charge in [0, 0.05) is 11.7 Å². The summed E-state index contributed by atoms with van der Waals surface area (Å²) in [6.07, 6.45) is 0. The van der Waals surface area contributed by atoms with Crippen LogP contribution in [0.4, 0.5) is 8.78 Å². The van der Waals surface area contributed by atoms with Gasteiger partial charge in [-0.05, 0) is 53.2 Å². The van der Waals surface area contributed by atoms with E-state index >= 15 is 0 Å². The zero-order valence-corrected chi connectivity index (χ0v) is 16.0. The Morgan fingerprint density at radius 3 is 1.74 bits per heavy atom. The highest BCUT2D eigenvalue weighted by atomic mass is 32.2. The molecule has 0 aromatic heterocycles. The number of hydrogen-bond acceptors (Lipinski definition) is 2. The predicted octanol–water partition coefficient (Wildman–Crippen LogP) is 6.28. The average Bonchev–Trinajstić information content (AvgIpc) is 2.68. The monoisotopic (exact) mass is 400 g/mol. The SMILES string of the molecule is OC(=S)C(SCc1ccccc1)C(c1ccc(F)cc1)c1ccc(F)cc1. The van der Waals surface area contributed by atoms with Crippen LogP contribution in [0.3, 0.4) is 0 Å². The summed E-state index contributed by atoms with van der Waals surface area (Å²) in [7, 11) is 0. The summed E-state index contributed by atoms with van der Waals surface area (Å²) in [6.45, 7) is 0.